The molecule has 0 aromatic heterocycles. The minimum absolute atomic E-state index is 0.0301. The Bertz CT molecular complexity index is 1110. The van der Waals surface area contributed by atoms with E-state index in [2.05, 4.69) is 0 Å². The first kappa shape index (κ1) is 22.9. The van der Waals surface area contributed by atoms with Crippen LogP contribution in [0, 0.1) is 0 Å². The van der Waals surface area contributed by atoms with Crippen LogP contribution in [0.3, 0.4) is 0 Å². The molecule has 3 aromatic rings. The van der Waals surface area contributed by atoms with Gasteiger partial charge in [0, 0.05) is 29.8 Å². The molecule has 170 valence electrons. The minimum Gasteiger partial charge on any atom is -0.497 e. The summed E-state index contributed by atoms with van der Waals surface area (Å²) >= 11 is 5.99. The van der Waals surface area contributed by atoms with Crippen molar-refractivity contribution in [1.82, 2.24) is 4.90 Å². The first-order chi connectivity index (χ1) is 16.1. The van der Waals surface area contributed by atoms with Crippen LogP contribution in [0.15, 0.2) is 78.9 Å². The molecule has 0 spiro atoms. The Morgan fingerprint density at radius 1 is 1.00 bits per heavy atom. The van der Waals surface area contributed by atoms with Gasteiger partial charge in [0.25, 0.3) is 0 Å². The Balaban J connectivity index is 1.71. The van der Waals surface area contributed by atoms with Crippen LogP contribution < -0.4 is 9.47 Å². The number of ether oxygens (including phenoxy) is 3. The van der Waals surface area contributed by atoms with E-state index >= 15 is 0 Å². The van der Waals surface area contributed by atoms with Crippen LogP contribution in [-0.2, 0) is 16.1 Å². The molecule has 1 saturated heterocycles. The van der Waals surface area contributed by atoms with Crippen LogP contribution in [0.4, 0.5) is 0 Å². The van der Waals surface area contributed by atoms with Crippen molar-refractivity contribution in [2.24, 2.45) is 0 Å². The number of hydrogen-bond acceptors (Lipinski definition) is 4. The van der Waals surface area contributed by atoms with Crippen molar-refractivity contribution in [3.8, 4) is 11.5 Å². The first-order valence-electron chi connectivity index (χ1n) is 10.8. The summed E-state index contributed by atoms with van der Waals surface area (Å²) in [7, 11) is 1.63. The number of amides is 1. The van der Waals surface area contributed by atoms with Gasteiger partial charge >= 0.3 is 0 Å². The van der Waals surface area contributed by atoms with Crippen molar-refractivity contribution < 1.29 is 19.0 Å². The van der Waals surface area contributed by atoms with Crippen LogP contribution in [-0.4, -0.2) is 44.2 Å². The van der Waals surface area contributed by atoms with Gasteiger partial charge in [0.15, 0.2) is 0 Å². The van der Waals surface area contributed by atoms with E-state index in [-0.39, 0.29) is 5.91 Å². The molecule has 1 amide bonds. The molecule has 4 rings (SSSR count). The fourth-order valence-electron chi connectivity index (χ4n) is 3.70. The van der Waals surface area contributed by atoms with Crippen molar-refractivity contribution >= 4 is 23.1 Å². The van der Waals surface area contributed by atoms with Crippen molar-refractivity contribution in [3.05, 3.63) is 101 Å². The lowest BCUT2D eigenvalue weighted by molar-refractivity contribution is -0.129. The average molecular weight is 464 g/mol. The number of rotatable bonds is 7. The summed E-state index contributed by atoms with van der Waals surface area (Å²) in [6, 6.07) is 23.0. The molecule has 0 bridgehead atoms. The largest absolute Gasteiger partial charge is 0.497 e. The highest BCUT2D eigenvalue weighted by Gasteiger charge is 2.19. The van der Waals surface area contributed by atoms with Crippen LogP contribution in [0.5, 0.6) is 11.5 Å². The van der Waals surface area contributed by atoms with Gasteiger partial charge in [-0.1, -0.05) is 48.0 Å². The molecule has 3 aromatic carbocycles. The monoisotopic (exact) mass is 463 g/mol. The van der Waals surface area contributed by atoms with Gasteiger partial charge in [-0.05, 0) is 53.1 Å². The van der Waals surface area contributed by atoms with Gasteiger partial charge in [-0.3, -0.25) is 4.79 Å². The Morgan fingerprint density at radius 3 is 2.39 bits per heavy atom. The van der Waals surface area contributed by atoms with Crippen LogP contribution in [0.25, 0.3) is 5.57 Å². The predicted octanol–water partition coefficient (Wildman–Crippen LogP) is 5.22. The van der Waals surface area contributed by atoms with E-state index in [1.54, 1.807) is 25.3 Å². The zero-order valence-electron chi connectivity index (χ0n) is 18.5. The van der Waals surface area contributed by atoms with Crippen molar-refractivity contribution in [1.29, 1.82) is 0 Å². The van der Waals surface area contributed by atoms with Crippen LogP contribution in [0.1, 0.15) is 16.7 Å². The summed E-state index contributed by atoms with van der Waals surface area (Å²) in [5, 5.41) is 0.653. The molecular weight excluding hydrogens is 438 g/mol. The van der Waals surface area contributed by atoms with Gasteiger partial charge < -0.3 is 19.1 Å². The molecule has 5 nitrogen and oxygen atoms in total. The molecule has 0 aliphatic carbocycles. The van der Waals surface area contributed by atoms with Gasteiger partial charge in [-0.15, -0.1) is 0 Å². The lowest BCUT2D eigenvalue weighted by Crippen LogP contribution is -2.39. The van der Waals surface area contributed by atoms with Gasteiger partial charge in [0.05, 0.1) is 20.3 Å². The fraction of sp³-hybridized carbons (Fsp3) is 0.222. The molecule has 0 atom stereocenters. The Morgan fingerprint density at radius 2 is 1.70 bits per heavy atom. The number of hydrogen-bond donors (Lipinski definition) is 0. The van der Waals surface area contributed by atoms with Gasteiger partial charge in [0.2, 0.25) is 5.91 Å². The molecule has 0 N–H and O–H groups in total. The van der Waals surface area contributed by atoms with E-state index in [4.69, 9.17) is 25.8 Å². The van der Waals surface area contributed by atoms with Crippen LogP contribution >= 0.6 is 11.6 Å². The second-order valence-corrected chi connectivity index (χ2v) is 8.06. The molecule has 33 heavy (non-hydrogen) atoms. The minimum atomic E-state index is -0.0301. The molecule has 1 aliphatic rings. The third kappa shape index (κ3) is 5.95. The number of carbonyl (C=O) groups excluding carboxylic acids is 1. The topological polar surface area (TPSA) is 48.0 Å². The van der Waals surface area contributed by atoms with E-state index in [0.29, 0.717) is 43.7 Å². The van der Waals surface area contributed by atoms with Gasteiger partial charge in [0.1, 0.15) is 18.1 Å². The summed E-state index contributed by atoms with van der Waals surface area (Å²) in [5.41, 5.74) is 3.62. The molecule has 1 heterocycles. The second-order valence-electron chi connectivity index (χ2n) is 7.63. The zero-order valence-corrected chi connectivity index (χ0v) is 19.3. The lowest BCUT2D eigenvalue weighted by Gasteiger charge is -2.26. The first-order valence-corrected chi connectivity index (χ1v) is 11.2. The van der Waals surface area contributed by atoms with E-state index < -0.39 is 0 Å². The van der Waals surface area contributed by atoms with Crippen LogP contribution in [0.2, 0.25) is 5.02 Å². The normalized spacial score (nSPS) is 14.1. The SMILES string of the molecule is COc1ccc(C(=CC(=O)N2CCOCC2)c2ccccc2)c(COc2ccc(Cl)cc2)c1. The molecule has 0 saturated carbocycles. The molecule has 0 radical (unpaired) electrons. The third-order valence-corrected chi connectivity index (χ3v) is 5.74. The van der Waals surface area contributed by atoms with E-state index in [1.807, 2.05) is 65.6 Å². The smallest absolute Gasteiger partial charge is 0.247 e. The highest BCUT2D eigenvalue weighted by atomic mass is 35.5. The lowest BCUT2D eigenvalue weighted by atomic mass is 9.93. The predicted molar refractivity (Wildman–Crippen MR) is 130 cm³/mol. The zero-order chi connectivity index (χ0) is 23.0. The summed E-state index contributed by atoms with van der Waals surface area (Å²) in [4.78, 5) is 14.9. The maximum absolute atomic E-state index is 13.1. The quantitative estimate of drug-likeness (QED) is 0.451. The molecule has 1 aliphatic heterocycles. The molecular formula is C27H26ClNO4. The summed E-state index contributed by atoms with van der Waals surface area (Å²) < 4.78 is 16.9. The number of morpholine rings is 1. The standard InChI is InChI=1S/C27H26ClNO4/c1-31-24-11-12-25(21(17-24)19-33-23-9-7-22(28)8-10-23)26(20-5-3-2-4-6-20)18-27(30)29-13-15-32-16-14-29/h2-12,17-18H,13-16,19H2,1H3. The average Bonchev–Trinajstić information content (AvgIpc) is 2.88. The van der Waals surface area contributed by atoms with Crippen molar-refractivity contribution in [2.45, 2.75) is 6.61 Å². The van der Waals surface area contributed by atoms with E-state index in [1.165, 1.54) is 0 Å². The Labute approximate surface area is 199 Å². The van der Waals surface area contributed by atoms with Gasteiger partial charge in [-0.25, -0.2) is 0 Å². The molecule has 0 unspecified atom stereocenters. The van der Waals surface area contributed by atoms with Gasteiger partial charge in [-0.2, -0.15) is 0 Å². The Kier molecular flexibility index (Phi) is 7.66. The molecule has 1 fully saturated rings. The second kappa shape index (κ2) is 11.0. The van der Waals surface area contributed by atoms with E-state index in [9.17, 15) is 4.79 Å². The highest BCUT2D eigenvalue weighted by Crippen LogP contribution is 2.30. The highest BCUT2D eigenvalue weighted by molar-refractivity contribution is 6.30. The number of nitrogens with zero attached hydrogens (tertiary/aromatic N) is 1. The summed E-state index contributed by atoms with van der Waals surface area (Å²) in [5.74, 6) is 1.40. The third-order valence-electron chi connectivity index (χ3n) is 5.49. The maximum atomic E-state index is 13.1. The Hall–Kier alpha value is -3.28. The summed E-state index contributed by atoms with van der Waals surface area (Å²) in [6.45, 7) is 2.61. The number of halogens is 1. The van der Waals surface area contributed by atoms with Crippen molar-refractivity contribution in [2.75, 3.05) is 33.4 Å². The summed E-state index contributed by atoms with van der Waals surface area (Å²) in [6.07, 6.45) is 1.72. The number of carbonyl (C=O) groups is 1. The number of benzene rings is 3. The number of methoxy groups -OCH3 is 1. The van der Waals surface area contributed by atoms with E-state index in [0.717, 1.165) is 28.0 Å². The fourth-order valence-corrected chi connectivity index (χ4v) is 3.83. The maximum Gasteiger partial charge on any atom is 0.247 e. The molecule has 6 heteroatoms. The van der Waals surface area contributed by atoms with Crippen molar-refractivity contribution in [3.63, 3.8) is 0 Å².